The van der Waals surface area contributed by atoms with Crippen LogP contribution in [0.2, 0.25) is 0 Å². The Hall–Kier alpha value is -2.74. The third-order valence-electron chi connectivity index (χ3n) is 3.65. The fourth-order valence-corrected chi connectivity index (χ4v) is 2.46. The molecule has 1 aromatic carbocycles. The predicted octanol–water partition coefficient (Wildman–Crippen LogP) is 0.501. The molecule has 2 aromatic rings. The second kappa shape index (κ2) is 6.17. The maximum Gasteiger partial charge on any atom is 0.328 e. The Balaban J connectivity index is 1.84. The summed E-state index contributed by atoms with van der Waals surface area (Å²) in [6.45, 7) is 2.46. The van der Waals surface area contributed by atoms with Crippen LogP contribution in [0.3, 0.4) is 0 Å². The molecule has 1 amide bonds. The van der Waals surface area contributed by atoms with Gasteiger partial charge in [0.1, 0.15) is 0 Å². The van der Waals surface area contributed by atoms with Crippen LogP contribution in [0.15, 0.2) is 30.5 Å². The Morgan fingerprint density at radius 2 is 2.22 bits per heavy atom. The smallest absolute Gasteiger partial charge is 0.328 e. The second-order valence-corrected chi connectivity index (χ2v) is 5.31. The summed E-state index contributed by atoms with van der Waals surface area (Å²) in [6, 6.07) is 6.61. The maximum absolute atomic E-state index is 12.5. The molecule has 0 unspecified atom stereocenters. The highest BCUT2D eigenvalue weighted by Crippen LogP contribution is 2.14. The number of rotatable bonds is 3. The lowest BCUT2D eigenvalue weighted by atomic mass is 10.2. The number of nitrogens with zero attached hydrogens (tertiary/aromatic N) is 4. The summed E-state index contributed by atoms with van der Waals surface area (Å²) in [6.07, 6.45) is 1.51. The summed E-state index contributed by atoms with van der Waals surface area (Å²) in [5.74, 6) is -1.55. The molecule has 0 aliphatic carbocycles. The van der Waals surface area contributed by atoms with Crippen molar-refractivity contribution in [2.45, 2.75) is 13.0 Å². The molecule has 8 heteroatoms. The van der Waals surface area contributed by atoms with Crippen LogP contribution in [0.4, 0.5) is 0 Å². The molecule has 0 saturated carbocycles. The first-order chi connectivity index (χ1) is 11.1. The normalized spacial score (nSPS) is 18.0. The van der Waals surface area contributed by atoms with Crippen LogP contribution in [0.1, 0.15) is 16.1 Å². The Bertz CT molecular complexity index is 743. The van der Waals surface area contributed by atoms with Gasteiger partial charge in [0.2, 0.25) is 0 Å². The third-order valence-corrected chi connectivity index (χ3v) is 3.65. The number of aryl methyl sites for hydroxylation is 1. The fourth-order valence-electron chi connectivity index (χ4n) is 2.46. The predicted molar refractivity (Wildman–Crippen MR) is 79.4 cm³/mol. The average Bonchev–Trinajstić information content (AvgIpc) is 3.04. The molecule has 3 rings (SSSR count). The number of morpholine rings is 1. The zero-order chi connectivity index (χ0) is 16.4. The molecule has 8 nitrogen and oxygen atoms in total. The number of carbonyl (C=O) groups excluding carboxylic acids is 1. The Kier molecular flexibility index (Phi) is 4.07. The van der Waals surface area contributed by atoms with Gasteiger partial charge in [-0.1, -0.05) is 17.3 Å². The highest BCUT2D eigenvalue weighted by molar-refractivity contribution is 5.95. The van der Waals surface area contributed by atoms with Crippen molar-refractivity contribution < 1.29 is 19.4 Å². The summed E-state index contributed by atoms with van der Waals surface area (Å²) < 4.78 is 6.63. The Labute approximate surface area is 132 Å². The first-order valence-electron chi connectivity index (χ1n) is 7.17. The van der Waals surface area contributed by atoms with Crippen LogP contribution in [-0.4, -0.2) is 62.7 Å². The number of amides is 1. The molecular formula is C15H16N4O4. The number of carbonyl (C=O) groups is 2. The number of benzene rings is 1. The summed E-state index contributed by atoms with van der Waals surface area (Å²) in [5, 5.41) is 17.0. The average molecular weight is 316 g/mol. The highest BCUT2D eigenvalue weighted by atomic mass is 16.5. The van der Waals surface area contributed by atoms with Gasteiger partial charge in [-0.2, -0.15) is 0 Å². The number of hydrogen-bond acceptors (Lipinski definition) is 5. The van der Waals surface area contributed by atoms with Gasteiger partial charge in [-0.15, -0.1) is 5.10 Å². The molecule has 1 fully saturated rings. The summed E-state index contributed by atoms with van der Waals surface area (Å²) in [5.41, 5.74) is 1.96. The third kappa shape index (κ3) is 3.07. The van der Waals surface area contributed by atoms with Gasteiger partial charge in [-0.25, -0.2) is 9.48 Å². The van der Waals surface area contributed by atoms with Crippen molar-refractivity contribution in [3.63, 3.8) is 0 Å². The van der Waals surface area contributed by atoms with Crippen LogP contribution in [0.25, 0.3) is 5.69 Å². The van der Waals surface area contributed by atoms with E-state index in [-0.39, 0.29) is 18.8 Å². The molecule has 120 valence electrons. The minimum Gasteiger partial charge on any atom is -0.480 e. The zero-order valence-electron chi connectivity index (χ0n) is 12.5. The van der Waals surface area contributed by atoms with E-state index in [4.69, 9.17) is 4.74 Å². The molecule has 1 atom stereocenters. The van der Waals surface area contributed by atoms with Crippen molar-refractivity contribution in [1.82, 2.24) is 19.9 Å². The molecule has 1 N–H and O–H groups in total. The van der Waals surface area contributed by atoms with E-state index in [9.17, 15) is 14.7 Å². The van der Waals surface area contributed by atoms with Gasteiger partial charge in [0.15, 0.2) is 11.7 Å². The van der Waals surface area contributed by atoms with Crippen LogP contribution in [0, 0.1) is 6.92 Å². The molecule has 0 radical (unpaired) electrons. The lowest BCUT2D eigenvalue weighted by Crippen LogP contribution is -2.52. The van der Waals surface area contributed by atoms with Gasteiger partial charge in [-0.3, -0.25) is 4.79 Å². The highest BCUT2D eigenvalue weighted by Gasteiger charge is 2.34. The molecule has 0 bridgehead atoms. The number of aliphatic carboxylic acids is 1. The van der Waals surface area contributed by atoms with Crippen molar-refractivity contribution in [1.29, 1.82) is 0 Å². The van der Waals surface area contributed by atoms with Crippen molar-refractivity contribution in [2.24, 2.45) is 0 Å². The largest absolute Gasteiger partial charge is 0.480 e. The maximum atomic E-state index is 12.5. The quantitative estimate of drug-likeness (QED) is 0.885. The number of ether oxygens (including phenoxy) is 1. The summed E-state index contributed by atoms with van der Waals surface area (Å²) in [7, 11) is 0. The van der Waals surface area contributed by atoms with Crippen LogP contribution < -0.4 is 0 Å². The summed E-state index contributed by atoms with van der Waals surface area (Å²) >= 11 is 0. The van der Waals surface area contributed by atoms with Crippen molar-refractivity contribution in [2.75, 3.05) is 19.8 Å². The van der Waals surface area contributed by atoms with Gasteiger partial charge in [0.05, 0.1) is 25.1 Å². The molecule has 0 spiro atoms. The molecule has 1 aliphatic rings. The van der Waals surface area contributed by atoms with Gasteiger partial charge in [0.25, 0.3) is 5.91 Å². The van der Waals surface area contributed by atoms with Crippen LogP contribution in [-0.2, 0) is 9.53 Å². The topological polar surface area (TPSA) is 97.5 Å². The lowest BCUT2D eigenvalue weighted by Gasteiger charge is -2.32. The molecule has 1 aliphatic heterocycles. The molecular weight excluding hydrogens is 300 g/mol. The summed E-state index contributed by atoms with van der Waals surface area (Å²) in [4.78, 5) is 25.0. The van der Waals surface area contributed by atoms with Gasteiger partial charge in [-0.05, 0) is 24.6 Å². The van der Waals surface area contributed by atoms with E-state index in [0.29, 0.717) is 6.61 Å². The van der Waals surface area contributed by atoms with E-state index in [1.165, 1.54) is 15.8 Å². The van der Waals surface area contributed by atoms with Gasteiger partial charge in [0, 0.05) is 6.54 Å². The minimum absolute atomic E-state index is 0.0207. The number of carboxylic acids is 1. The van der Waals surface area contributed by atoms with Crippen molar-refractivity contribution in [3.05, 3.63) is 41.7 Å². The van der Waals surface area contributed by atoms with E-state index in [1.54, 1.807) is 0 Å². The zero-order valence-corrected chi connectivity index (χ0v) is 12.5. The van der Waals surface area contributed by atoms with Crippen molar-refractivity contribution >= 4 is 11.9 Å². The molecule has 23 heavy (non-hydrogen) atoms. The minimum atomic E-state index is -1.09. The van der Waals surface area contributed by atoms with E-state index >= 15 is 0 Å². The van der Waals surface area contributed by atoms with E-state index < -0.39 is 17.9 Å². The molecule has 1 aromatic heterocycles. The Morgan fingerprint density at radius 1 is 1.39 bits per heavy atom. The number of aromatic nitrogens is 3. The van der Waals surface area contributed by atoms with Crippen LogP contribution in [0.5, 0.6) is 0 Å². The van der Waals surface area contributed by atoms with Crippen molar-refractivity contribution in [3.8, 4) is 5.69 Å². The van der Waals surface area contributed by atoms with E-state index in [1.807, 2.05) is 31.2 Å². The van der Waals surface area contributed by atoms with Crippen LogP contribution >= 0.6 is 0 Å². The first kappa shape index (κ1) is 15.2. The van der Waals surface area contributed by atoms with E-state index in [2.05, 4.69) is 10.3 Å². The van der Waals surface area contributed by atoms with E-state index in [0.717, 1.165) is 11.3 Å². The Morgan fingerprint density at radius 3 is 2.96 bits per heavy atom. The monoisotopic (exact) mass is 316 g/mol. The molecule has 2 heterocycles. The van der Waals surface area contributed by atoms with Gasteiger partial charge >= 0.3 is 5.97 Å². The van der Waals surface area contributed by atoms with Gasteiger partial charge < -0.3 is 14.7 Å². The molecule has 1 saturated heterocycles. The fraction of sp³-hybridized carbons (Fsp3) is 0.333. The lowest BCUT2D eigenvalue weighted by molar-refractivity contribution is -0.147. The second-order valence-electron chi connectivity index (χ2n) is 5.31. The SMILES string of the molecule is Cc1cccc(-n2cc(C(=O)N3CCOC[C@H]3C(=O)O)nn2)c1. The first-order valence-corrected chi connectivity index (χ1v) is 7.17. The standard InChI is InChI=1S/C15H16N4O4/c1-10-3-2-4-11(7-10)19-8-12(16-17-19)14(20)18-5-6-23-9-13(18)15(21)22/h2-4,7-8,13H,5-6,9H2,1H3,(H,21,22)/t13-/m0/s1. The number of carboxylic acid groups (broad SMARTS) is 1. The number of hydrogen-bond donors (Lipinski definition) is 1.